The highest BCUT2D eigenvalue weighted by Crippen LogP contribution is 2.37. The van der Waals surface area contributed by atoms with Crippen molar-refractivity contribution in [2.75, 3.05) is 40.5 Å². The molecule has 0 atom stereocenters. The fraction of sp³-hybridized carbons (Fsp3) is 0.364. The maximum Gasteiger partial charge on any atom is 0.261 e. The van der Waals surface area contributed by atoms with Gasteiger partial charge in [-0.3, -0.25) is 29.0 Å². The minimum absolute atomic E-state index is 0.237. The number of carbonyl (C=O) groups excluding carboxylic acids is 4. The molecule has 156 valence electrons. The molecule has 4 rings (SSSR count). The number of hydrogen-bond acceptors (Lipinski definition) is 6. The lowest BCUT2D eigenvalue weighted by Gasteiger charge is -2.31. The number of benzene rings is 2. The van der Waals surface area contributed by atoms with Crippen LogP contribution in [0.2, 0.25) is 0 Å². The molecule has 2 aliphatic rings. The molecule has 2 aromatic carbocycles. The molecule has 0 saturated heterocycles. The van der Waals surface area contributed by atoms with E-state index >= 15 is 0 Å². The minimum Gasteiger partial charge on any atom is -0.385 e. The van der Waals surface area contributed by atoms with Crippen LogP contribution in [-0.2, 0) is 9.47 Å². The number of hydrogen-bond donors (Lipinski definition) is 0. The molecule has 0 bridgehead atoms. The molecular weight excluding hydrogens is 388 g/mol. The third-order valence-corrected chi connectivity index (χ3v) is 5.52. The predicted molar refractivity (Wildman–Crippen MR) is 108 cm³/mol. The summed E-state index contributed by atoms with van der Waals surface area (Å²) in [4.78, 5) is 54.4. The molecule has 8 heteroatoms. The van der Waals surface area contributed by atoms with E-state index in [1.807, 2.05) is 0 Å². The largest absolute Gasteiger partial charge is 0.385 e. The van der Waals surface area contributed by atoms with E-state index in [1.54, 1.807) is 38.5 Å². The zero-order valence-electron chi connectivity index (χ0n) is 16.9. The fourth-order valence-electron chi connectivity index (χ4n) is 4.11. The number of carbonyl (C=O) groups is 4. The maximum atomic E-state index is 13.0. The first-order chi connectivity index (χ1) is 14.5. The first-order valence-corrected chi connectivity index (χ1v) is 9.81. The maximum absolute atomic E-state index is 13.0. The van der Waals surface area contributed by atoms with E-state index in [4.69, 9.17) is 9.47 Å². The van der Waals surface area contributed by atoms with Crippen LogP contribution in [-0.4, -0.2) is 74.0 Å². The van der Waals surface area contributed by atoms with Crippen molar-refractivity contribution in [3.63, 3.8) is 0 Å². The topological polar surface area (TPSA) is 93.2 Å². The Labute approximate surface area is 173 Å². The highest BCUT2D eigenvalue weighted by Gasteiger charge is 2.39. The lowest BCUT2D eigenvalue weighted by molar-refractivity contribution is 0.0573. The first-order valence-electron chi connectivity index (χ1n) is 9.81. The van der Waals surface area contributed by atoms with Gasteiger partial charge in [0.2, 0.25) is 0 Å². The van der Waals surface area contributed by atoms with Crippen LogP contribution in [0, 0.1) is 0 Å². The molecule has 8 nitrogen and oxygen atoms in total. The summed E-state index contributed by atoms with van der Waals surface area (Å²) < 4.78 is 10.0. The Kier molecular flexibility index (Phi) is 5.36. The third-order valence-electron chi connectivity index (χ3n) is 5.52. The summed E-state index contributed by atoms with van der Waals surface area (Å²) in [5.74, 6) is -1.69. The van der Waals surface area contributed by atoms with Crippen LogP contribution in [0.5, 0.6) is 0 Å². The van der Waals surface area contributed by atoms with E-state index < -0.39 is 23.6 Å². The molecule has 0 unspecified atom stereocenters. The van der Waals surface area contributed by atoms with Gasteiger partial charge >= 0.3 is 0 Å². The van der Waals surface area contributed by atoms with Gasteiger partial charge in [0.1, 0.15) is 0 Å². The fourth-order valence-corrected chi connectivity index (χ4v) is 4.11. The van der Waals surface area contributed by atoms with Crippen molar-refractivity contribution in [2.24, 2.45) is 0 Å². The van der Waals surface area contributed by atoms with Crippen molar-refractivity contribution < 1.29 is 28.7 Å². The Bertz CT molecular complexity index is 922. The summed E-state index contributed by atoms with van der Waals surface area (Å²) in [5, 5.41) is 0.780. The summed E-state index contributed by atoms with van der Waals surface area (Å²) in [5.41, 5.74) is 1.32. The summed E-state index contributed by atoms with van der Waals surface area (Å²) in [7, 11) is 3.12. The van der Waals surface area contributed by atoms with E-state index in [0.717, 1.165) is 0 Å². The van der Waals surface area contributed by atoms with Crippen LogP contribution < -0.4 is 0 Å². The van der Waals surface area contributed by atoms with Crippen molar-refractivity contribution >= 4 is 34.4 Å². The number of methoxy groups -OCH3 is 2. The van der Waals surface area contributed by atoms with Crippen LogP contribution >= 0.6 is 0 Å². The number of rotatable bonds is 8. The SMILES string of the molecule is COCCCN1C(=O)c2ccc3c4c(ccc(c24)C1=O)C(=O)N(CCCOC)C3=O. The van der Waals surface area contributed by atoms with Crippen LogP contribution in [0.1, 0.15) is 54.3 Å². The van der Waals surface area contributed by atoms with Gasteiger partial charge in [0, 0.05) is 73.5 Å². The highest BCUT2D eigenvalue weighted by molar-refractivity contribution is 6.33. The Hall–Kier alpha value is -3.10. The molecule has 2 aliphatic heterocycles. The zero-order valence-corrected chi connectivity index (χ0v) is 16.9. The standard InChI is InChI=1S/C22H22N2O6/c1-29-11-3-9-23-19(25)13-5-7-15-18-16(8-6-14(17(13)18)20(23)26)22(28)24(21(15)27)10-4-12-30-2/h5-8H,3-4,9-12H2,1-2H3. The Morgan fingerprint density at radius 2 is 0.900 bits per heavy atom. The van der Waals surface area contributed by atoms with E-state index in [9.17, 15) is 19.2 Å². The predicted octanol–water partition coefficient (Wildman–Crippen LogP) is 2.10. The zero-order chi connectivity index (χ0) is 21.4. The van der Waals surface area contributed by atoms with E-state index in [-0.39, 0.29) is 13.1 Å². The third kappa shape index (κ3) is 3.00. The second kappa shape index (κ2) is 7.97. The van der Waals surface area contributed by atoms with E-state index in [0.29, 0.717) is 59.1 Å². The molecule has 0 aliphatic carbocycles. The van der Waals surface area contributed by atoms with Crippen LogP contribution in [0.3, 0.4) is 0 Å². The summed E-state index contributed by atoms with van der Waals surface area (Å²) >= 11 is 0. The van der Waals surface area contributed by atoms with Crippen molar-refractivity contribution in [1.82, 2.24) is 9.80 Å². The molecule has 2 heterocycles. The van der Waals surface area contributed by atoms with Gasteiger partial charge < -0.3 is 9.47 Å². The van der Waals surface area contributed by atoms with Crippen LogP contribution in [0.25, 0.3) is 10.8 Å². The van der Waals surface area contributed by atoms with Gasteiger partial charge in [0.05, 0.1) is 0 Å². The van der Waals surface area contributed by atoms with E-state index in [2.05, 4.69) is 0 Å². The lowest BCUT2D eigenvalue weighted by atomic mass is 9.86. The van der Waals surface area contributed by atoms with Crippen molar-refractivity contribution in [3.05, 3.63) is 46.5 Å². The Morgan fingerprint density at radius 1 is 0.600 bits per heavy atom. The normalized spacial score (nSPS) is 15.5. The highest BCUT2D eigenvalue weighted by atomic mass is 16.5. The van der Waals surface area contributed by atoms with Gasteiger partial charge in [-0.05, 0) is 37.1 Å². The van der Waals surface area contributed by atoms with Gasteiger partial charge in [-0.1, -0.05) is 0 Å². The van der Waals surface area contributed by atoms with Crippen LogP contribution in [0.4, 0.5) is 0 Å². The van der Waals surface area contributed by atoms with Crippen molar-refractivity contribution in [1.29, 1.82) is 0 Å². The number of imide groups is 2. The Morgan fingerprint density at radius 3 is 1.17 bits per heavy atom. The van der Waals surface area contributed by atoms with Gasteiger partial charge in [-0.15, -0.1) is 0 Å². The first kappa shape index (κ1) is 20.2. The van der Waals surface area contributed by atoms with Crippen LogP contribution in [0.15, 0.2) is 24.3 Å². The molecule has 0 aromatic heterocycles. The number of ether oxygens (including phenoxy) is 2. The molecular formula is C22H22N2O6. The molecule has 0 N–H and O–H groups in total. The smallest absolute Gasteiger partial charge is 0.261 e. The van der Waals surface area contributed by atoms with E-state index in [1.165, 1.54) is 9.80 Å². The van der Waals surface area contributed by atoms with Crippen molar-refractivity contribution in [2.45, 2.75) is 12.8 Å². The molecule has 4 amide bonds. The van der Waals surface area contributed by atoms with Gasteiger partial charge in [0.15, 0.2) is 0 Å². The molecule has 30 heavy (non-hydrogen) atoms. The lowest BCUT2D eigenvalue weighted by Crippen LogP contribution is -2.44. The second-order valence-electron chi connectivity index (χ2n) is 7.29. The molecule has 0 saturated carbocycles. The summed E-state index contributed by atoms with van der Waals surface area (Å²) in [6, 6.07) is 6.29. The van der Waals surface area contributed by atoms with Gasteiger partial charge in [-0.2, -0.15) is 0 Å². The summed E-state index contributed by atoms with van der Waals surface area (Å²) in [6.07, 6.45) is 1.05. The average Bonchev–Trinajstić information content (AvgIpc) is 2.75. The molecule has 0 fully saturated rings. The molecule has 2 aromatic rings. The summed E-state index contributed by atoms with van der Waals surface area (Å²) in [6.45, 7) is 1.33. The second-order valence-corrected chi connectivity index (χ2v) is 7.29. The van der Waals surface area contributed by atoms with Crippen molar-refractivity contribution in [3.8, 4) is 0 Å². The number of nitrogens with zero attached hydrogens (tertiary/aromatic N) is 2. The average molecular weight is 410 g/mol. The molecule has 0 radical (unpaired) electrons. The number of amides is 4. The monoisotopic (exact) mass is 410 g/mol. The molecule has 0 spiro atoms. The Balaban J connectivity index is 1.80. The minimum atomic E-state index is -0.422. The quantitative estimate of drug-likeness (QED) is 0.489. The van der Waals surface area contributed by atoms with Gasteiger partial charge in [0.25, 0.3) is 23.6 Å². The van der Waals surface area contributed by atoms with Gasteiger partial charge in [-0.25, -0.2) is 0 Å².